The molecule has 0 aromatic heterocycles. The molecule has 2 amide bonds. The fraction of sp³-hybridized carbons (Fsp3) is 0.286. The maximum atomic E-state index is 11.9. The number of ether oxygens (including phenoxy) is 1. The molecule has 0 heterocycles. The van der Waals surface area contributed by atoms with E-state index in [9.17, 15) is 9.59 Å². The van der Waals surface area contributed by atoms with E-state index in [1.54, 1.807) is 30.3 Å². The zero-order valence-electron chi connectivity index (χ0n) is 15.3. The number of aryl methyl sites for hydroxylation is 1. The summed E-state index contributed by atoms with van der Waals surface area (Å²) in [5.41, 5.74) is 2.76. The fourth-order valence-electron chi connectivity index (χ4n) is 2.42. The molecule has 6 nitrogen and oxygen atoms in total. The van der Waals surface area contributed by atoms with Gasteiger partial charge < -0.3 is 15.4 Å². The predicted molar refractivity (Wildman–Crippen MR) is 103 cm³/mol. The van der Waals surface area contributed by atoms with E-state index in [0.717, 1.165) is 18.4 Å². The van der Waals surface area contributed by atoms with Crippen molar-refractivity contribution < 1.29 is 14.3 Å². The van der Waals surface area contributed by atoms with E-state index in [1.165, 1.54) is 5.56 Å². The molecule has 2 aromatic carbocycles. The Kier molecular flexibility index (Phi) is 7.86. The lowest BCUT2D eigenvalue weighted by Gasteiger charge is -2.09. The van der Waals surface area contributed by atoms with Crippen molar-refractivity contribution in [2.24, 2.45) is 0 Å². The summed E-state index contributed by atoms with van der Waals surface area (Å²) in [5, 5.41) is 13.9. The number of amides is 2. The second-order valence-electron chi connectivity index (χ2n) is 6.04. The average Bonchev–Trinajstić information content (AvgIpc) is 2.67. The van der Waals surface area contributed by atoms with E-state index in [0.29, 0.717) is 18.0 Å². The van der Waals surface area contributed by atoms with Crippen molar-refractivity contribution in [1.29, 1.82) is 5.26 Å². The molecule has 0 atom stereocenters. The molecule has 0 aliphatic rings. The molecule has 0 aliphatic heterocycles. The number of anilines is 1. The maximum absolute atomic E-state index is 11.9. The number of carbonyl (C=O) groups excluding carboxylic acids is 2. The molecule has 6 heteroatoms. The van der Waals surface area contributed by atoms with E-state index in [2.05, 4.69) is 17.6 Å². The van der Waals surface area contributed by atoms with Crippen molar-refractivity contribution in [3.63, 3.8) is 0 Å². The topological polar surface area (TPSA) is 91.2 Å². The molecular formula is C21H23N3O3. The predicted octanol–water partition coefficient (Wildman–Crippen LogP) is 3.19. The van der Waals surface area contributed by atoms with E-state index in [4.69, 9.17) is 10.00 Å². The molecule has 0 bridgehead atoms. The smallest absolute Gasteiger partial charge is 0.258 e. The van der Waals surface area contributed by atoms with E-state index in [-0.39, 0.29) is 24.8 Å². The molecular weight excluding hydrogens is 342 g/mol. The first-order chi connectivity index (χ1) is 13.1. The highest BCUT2D eigenvalue weighted by atomic mass is 16.5. The van der Waals surface area contributed by atoms with Crippen LogP contribution in [0.4, 0.5) is 5.69 Å². The maximum Gasteiger partial charge on any atom is 0.258 e. The van der Waals surface area contributed by atoms with Crippen LogP contribution in [-0.2, 0) is 22.6 Å². The molecule has 0 fully saturated rings. The molecule has 2 aromatic rings. The van der Waals surface area contributed by atoms with E-state index in [1.807, 2.05) is 24.3 Å². The zero-order valence-corrected chi connectivity index (χ0v) is 15.3. The van der Waals surface area contributed by atoms with Crippen LogP contribution in [0.2, 0.25) is 0 Å². The monoisotopic (exact) mass is 365 g/mol. The van der Waals surface area contributed by atoms with Crippen LogP contribution in [-0.4, -0.2) is 18.4 Å². The SMILES string of the molecule is CCCc1ccc(OCC(=O)NCc2ccc(NC(=O)CC#N)cc2)cc1. The van der Waals surface area contributed by atoms with Crippen LogP contribution in [0.3, 0.4) is 0 Å². The van der Waals surface area contributed by atoms with Gasteiger partial charge in [0.2, 0.25) is 5.91 Å². The lowest BCUT2D eigenvalue weighted by atomic mass is 10.1. The number of benzene rings is 2. The number of nitrogens with zero attached hydrogens (tertiary/aromatic N) is 1. The highest BCUT2D eigenvalue weighted by Gasteiger charge is 2.04. The number of nitrogens with one attached hydrogen (secondary N) is 2. The van der Waals surface area contributed by atoms with Crippen molar-refractivity contribution in [2.75, 3.05) is 11.9 Å². The van der Waals surface area contributed by atoms with Crippen LogP contribution >= 0.6 is 0 Å². The Morgan fingerprint density at radius 3 is 2.30 bits per heavy atom. The van der Waals surface area contributed by atoms with Crippen molar-refractivity contribution in [3.8, 4) is 11.8 Å². The van der Waals surface area contributed by atoms with Crippen LogP contribution in [0.25, 0.3) is 0 Å². The summed E-state index contributed by atoms with van der Waals surface area (Å²) in [6.07, 6.45) is 1.94. The third-order valence-corrected chi connectivity index (χ3v) is 3.80. The third-order valence-electron chi connectivity index (χ3n) is 3.80. The standard InChI is InChI=1S/C21H23N3O3/c1-2-3-16-6-10-19(11-7-16)27-15-21(26)23-14-17-4-8-18(9-5-17)24-20(25)12-13-22/h4-11H,2-3,12,14-15H2,1H3,(H,23,26)(H,24,25). The van der Waals surface area contributed by atoms with Gasteiger partial charge in [-0.15, -0.1) is 0 Å². The van der Waals surface area contributed by atoms with Gasteiger partial charge in [0.15, 0.2) is 6.61 Å². The third kappa shape index (κ3) is 7.20. The molecule has 0 aliphatic carbocycles. The second-order valence-corrected chi connectivity index (χ2v) is 6.04. The van der Waals surface area contributed by atoms with Crippen molar-refractivity contribution in [2.45, 2.75) is 32.7 Å². The summed E-state index contributed by atoms with van der Waals surface area (Å²) in [4.78, 5) is 23.3. The molecule has 0 unspecified atom stereocenters. The van der Waals surface area contributed by atoms with Gasteiger partial charge in [-0.05, 0) is 41.8 Å². The summed E-state index contributed by atoms with van der Waals surface area (Å²) in [7, 11) is 0. The van der Waals surface area contributed by atoms with Crippen molar-refractivity contribution >= 4 is 17.5 Å². The molecule has 2 rings (SSSR count). The number of hydrogen-bond acceptors (Lipinski definition) is 4. The molecule has 0 saturated heterocycles. The summed E-state index contributed by atoms with van der Waals surface area (Å²) in [5.74, 6) is 0.111. The molecule has 27 heavy (non-hydrogen) atoms. The summed E-state index contributed by atoms with van der Waals surface area (Å²) >= 11 is 0. The number of hydrogen-bond donors (Lipinski definition) is 2. The van der Waals surface area contributed by atoms with Gasteiger partial charge in [-0.2, -0.15) is 5.26 Å². The van der Waals surface area contributed by atoms with Crippen LogP contribution < -0.4 is 15.4 Å². The Balaban J connectivity index is 1.73. The first-order valence-corrected chi connectivity index (χ1v) is 8.85. The molecule has 0 spiro atoms. The number of nitriles is 1. The van der Waals surface area contributed by atoms with Gasteiger partial charge in [-0.1, -0.05) is 37.6 Å². The lowest BCUT2D eigenvalue weighted by molar-refractivity contribution is -0.123. The van der Waals surface area contributed by atoms with Crippen LogP contribution in [0.15, 0.2) is 48.5 Å². The van der Waals surface area contributed by atoms with Crippen molar-refractivity contribution in [1.82, 2.24) is 5.32 Å². The van der Waals surface area contributed by atoms with Gasteiger partial charge in [-0.3, -0.25) is 9.59 Å². The molecule has 140 valence electrons. The van der Waals surface area contributed by atoms with E-state index < -0.39 is 0 Å². The van der Waals surface area contributed by atoms with Crippen LogP contribution in [0.1, 0.15) is 30.9 Å². The van der Waals surface area contributed by atoms with Crippen molar-refractivity contribution in [3.05, 3.63) is 59.7 Å². The van der Waals surface area contributed by atoms with E-state index >= 15 is 0 Å². The first-order valence-electron chi connectivity index (χ1n) is 8.85. The van der Waals surface area contributed by atoms with Gasteiger partial charge in [0.1, 0.15) is 12.2 Å². The normalized spacial score (nSPS) is 9.93. The Bertz CT molecular complexity index is 793. The second kappa shape index (κ2) is 10.6. The molecule has 0 radical (unpaired) electrons. The highest BCUT2D eigenvalue weighted by Crippen LogP contribution is 2.13. The minimum atomic E-state index is -0.349. The summed E-state index contributed by atoms with van der Waals surface area (Å²) in [6.45, 7) is 2.45. The minimum absolute atomic E-state index is 0.0462. The number of rotatable bonds is 9. The Morgan fingerprint density at radius 2 is 1.67 bits per heavy atom. The molecule has 2 N–H and O–H groups in total. The van der Waals surface area contributed by atoms with Gasteiger partial charge in [0.25, 0.3) is 5.91 Å². The van der Waals surface area contributed by atoms with Gasteiger partial charge >= 0.3 is 0 Å². The Morgan fingerprint density at radius 1 is 1.00 bits per heavy atom. The fourth-order valence-corrected chi connectivity index (χ4v) is 2.42. The highest BCUT2D eigenvalue weighted by molar-refractivity contribution is 5.92. The largest absolute Gasteiger partial charge is 0.484 e. The quantitative estimate of drug-likeness (QED) is 0.714. The zero-order chi connectivity index (χ0) is 19.5. The first kappa shape index (κ1) is 20.0. The lowest BCUT2D eigenvalue weighted by Crippen LogP contribution is -2.28. The van der Waals surface area contributed by atoms with Gasteiger partial charge in [0.05, 0.1) is 6.07 Å². The minimum Gasteiger partial charge on any atom is -0.484 e. The Labute approximate surface area is 159 Å². The van der Waals surface area contributed by atoms with Gasteiger partial charge in [-0.25, -0.2) is 0 Å². The average molecular weight is 365 g/mol. The summed E-state index contributed by atoms with van der Waals surface area (Å²) < 4.78 is 5.49. The molecule has 0 saturated carbocycles. The van der Waals surface area contributed by atoms with Crippen LogP contribution in [0.5, 0.6) is 5.75 Å². The Hall–Kier alpha value is -3.33. The van der Waals surface area contributed by atoms with Crippen LogP contribution in [0, 0.1) is 11.3 Å². The van der Waals surface area contributed by atoms with Gasteiger partial charge in [0, 0.05) is 12.2 Å². The number of carbonyl (C=O) groups is 2. The summed E-state index contributed by atoms with van der Waals surface area (Å²) in [6, 6.07) is 16.6.